The van der Waals surface area contributed by atoms with Crippen molar-refractivity contribution in [3.8, 4) is 17.0 Å². The summed E-state index contributed by atoms with van der Waals surface area (Å²) < 4.78 is 13.4. The Morgan fingerprint density at radius 2 is 2.00 bits per heavy atom. The van der Waals surface area contributed by atoms with E-state index >= 15 is 0 Å². The van der Waals surface area contributed by atoms with Crippen LogP contribution in [0.1, 0.15) is 50.9 Å². The van der Waals surface area contributed by atoms with Gasteiger partial charge in [-0.25, -0.2) is 9.67 Å². The van der Waals surface area contributed by atoms with Crippen molar-refractivity contribution in [2.75, 3.05) is 13.7 Å². The third kappa shape index (κ3) is 3.21. The molecule has 0 aliphatic carbocycles. The van der Waals surface area contributed by atoms with Gasteiger partial charge in [0.2, 0.25) is 5.88 Å². The molecule has 154 valence electrons. The molecule has 0 amide bonds. The van der Waals surface area contributed by atoms with Gasteiger partial charge in [0, 0.05) is 41.4 Å². The topological polar surface area (TPSA) is 62.1 Å². The Bertz CT molecular complexity index is 1210. The minimum Gasteiger partial charge on any atom is -0.481 e. The molecule has 1 fully saturated rings. The minimum absolute atomic E-state index is 0.0144. The predicted molar refractivity (Wildman–Crippen MR) is 118 cm³/mol. The van der Waals surface area contributed by atoms with E-state index in [1.165, 1.54) is 11.8 Å². The van der Waals surface area contributed by atoms with Gasteiger partial charge in [0.25, 0.3) is 0 Å². The molecule has 3 aromatic heterocycles. The maximum Gasteiger partial charge on any atom is 0.213 e. The van der Waals surface area contributed by atoms with Crippen molar-refractivity contribution in [1.29, 1.82) is 0 Å². The number of fused-ring (bicyclic) bond motifs is 2. The quantitative estimate of drug-likeness (QED) is 0.452. The second-order valence-electron chi connectivity index (χ2n) is 8.17. The van der Waals surface area contributed by atoms with Crippen LogP contribution in [0.25, 0.3) is 32.8 Å². The average Bonchev–Trinajstić information content (AvgIpc) is 3.20. The molecule has 1 atom stereocenters. The van der Waals surface area contributed by atoms with Crippen LogP contribution in [0.15, 0.2) is 42.9 Å². The van der Waals surface area contributed by atoms with Gasteiger partial charge in [-0.2, -0.15) is 5.10 Å². The molecule has 1 unspecified atom stereocenters. The van der Waals surface area contributed by atoms with Crippen LogP contribution in [0.5, 0.6) is 5.88 Å². The first-order valence-electron chi connectivity index (χ1n) is 10.6. The zero-order valence-corrected chi connectivity index (χ0v) is 17.6. The van der Waals surface area contributed by atoms with Crippen LogP contribution in [0.4, 0.5) is 0 Å². The van der Waals surface area contributed by atoms with E-state index in [4.69, 9.17) is 14.5 Å². The fraction of sp³-hybridized carbons (Fsp3) is 0.375. The summed E-state index contributed by atoms with van der Waals surface area (Å²) in [5.41, 5.74) is 4.35. The molecule has 1 saturated heterocycles. The number of rotatable bonds is 4. The molecular formula is C24H26N4O2. The molecule has 6 nitrogen and oxygen atoms in total. The van der Waals surface area contributed by atoms with Crippen molar-refractivity contribution >= 4 is 21.7 Å². The van der Waals surface area contributed by atoms with E-state index in [0.717, 1.165) is 52.6 Å². The van der Waals surface area contributed by atoms with Crippen molar-refractivity contribution in [2.24, 2.45) is 0 Å². The monoisotopic (exact) mass is 402 g/mol. The first-order chi connectivity index (χ1) is 14.7. The summed E-state index contributed by atoms with van der Waals surface area (Å²) in [4.78, 5) is 9.12. The largest absolute Gasteiger partial charge is 0.481 e. The summed E-state index contributed by atoms with van der Waals surface area (Å²) in [5.74, 6) is 0.889. The van der Waals surface area contributed by atoms with E-state index in [2.05, 4.69) is 36.1 Å². The molecule has 0 bridgehead atoms. The summed E-state index contributed by atoms with van der Waals surface area (Å²) in [6.45, 7) is 5.15. The number of benzene rings is 1. The van der Waals surface area contributed by atoms with Gasteiger partial charge in [0.1, 0.15) is 0 Å². The molecule has 0 radical (unpaired) electrons. The SMILES string of the molecule is COc1cc(-c2c(C(C)C)ncc3cc4c(cnn4C4CCCCO4)cc23)ccn1. The summed E-state index contributed by atoms with van der Waals surface area (Å²) >= 11 is 0. The molecule has 30 heavy (non-hydrogen) atoms. The summed E-state index contributed by atoms with van der Waals surface area (Å²) in [6, 6.07) is 8.42. The van der Waals surface area contributed by atoms with Gasteiger partial charge in [-0.3, -0.25) is 4.98 Å². The highest BCUT2D eigenvalue weighted by Gasteiger charge is 2.21. The number of nitrogens with zero attached hydrogens (tertiary/aromatic N) is 4. The molecule has 5 rings (SSSR count). The molecule has 6 heteroatoms. The first-order valence-corrected chi connectivity index (χ1v) is 10.6. The zero-order chi connectivity index (χ0) is 20.7. The first kappa shape index (κ1) is 19.0. The summed E-state index contributed by atoms with van der Waals surface area (Å²) in [7, 11) is 1.64. The highest BCUT2D eigenvalue weighted by molar-refractivity contribution is 6.04. The van der Waals surface area contributed by atoms with E-state index in [0.29, 0.717) is 5.88 Å². The highest BCUT2D eigenvalue weighted by atomic mass is 16.5. The van der Waals surface area contributed by atoms with Gasteiger partial charge in [0.05, 0.1) is 24.5 Å². The van der Waals surface area contributed by atoms with Gasteiger partial charge in [0.15, 0.2) is 6.23 Å². The van der Waals surface area contributed by atoms with E-state index in [9.17, 15) is 0 Å². The minimum atomic E-state index is 0.0144. The third-order valence-electron chi connectivity index (χ3n) is 5.84. The molecule has 1 aliphatic rings. The maximum absolute atomic E-state index is 5.98. The third-order valence-corrected chi connectivity index (χ3v) is 5.84. The Balaban J connectivity index is 1.74. The predicted octanol–water partition coefficient (Wildman–Crippen LogP) is 5.48. The smallest absolute Gasteiger partial charge is 0.213 e. The summed E-state index contributed by atoms with van der Waals surface area (Å²) in [6.07, 6.45) is 9.02. The second-order valence-corrected chi connectivity index (χ2v) is 8.17. The van der Waals surface area contributed by atoms with Crippen molar-refractivity contribution in [2.45, 2.75) is 45.3 Å². The van der Waals surface area contributed by atoms with E-state index < -0.39 is 0 Å². The number of aromatic nitrogens is 4. The molecule has 0 saturated carbocycles. The van der Waals surface area contributed by atoms with Crippen molar-refractivity contribution in [3.05, 3.63) is 48.5 Å². The van der Waals surface area contributed by atoms with Crippen LogP contribution in [0.3, 0.4) is 0 Å². The van der Waals surface area contributed by atoms with Crippen molar-refractivity contribution < 1.29 is 9.47 Å². The summed E-state index contributed by atoms with van der Waals surface area (Å²) in [5, 5.41) is 8.04. The van der Waals surface area contributed by atoms with Crippen LogP contribution in [-0.2, 0) is 4.74 Å². The zero-order valence-electron chi connectivity index (χ0n) is 17.6. The molecule has 1 aromatic carbocycles. The molecule has 4 aromatic rings. The second kappa shape index (κ2) is 7.69. The Labute approximate surface area is 175 Å². The van der Waals surface area contributed by atoms with Gasteiger partial charge >= 0.3 is 0 Å². The maximum atomic E-state index is 5.98. The lowest BCUT2D eigenvalue weighted by Gasteiger charge is -2.23. The lowest BCUT2D eigenvalue weighted by atomic mass is 9.93. The van der Waals surface area contributed by atoms with Gasteiger partial charge in [-0.1, -0.05) is 13.8 Å². The Morgan fingerprint density at radius 3 is 2.77 bits per heavy atom. The number of hydrogen-bond donors (Lipinski definition) is 0. The van der Waals surface area contributed by atoms with E-state index in [1.807, 2.05) is 29.2 Å². The Kier molecular flexibility index (Phi) is 4.87. The van der Waals surface area contributed by atoms with Gasteiger partial charge in [-0.05, 0) is 54.3 Å². The fourth-order valence-corrected chi connectivity index (χ4v) is 4.34. The molecule has 4 heterocycles. The lowest BCUT2D eigenvalue weighted by molar-refractivity contribution is -0.0366. The highest BCUT2D eigenvalue weighted by Crippen LogP contribution is 2.38. The Morgan fingerprint density at radius 1 is 1.10 bits per heavy atom. The molecule has 0 spiro atoms. The Hall–Kier alpha value is -2.99. The molecular weight excluding hydrogens is 376 g/mol. The van der Waals surface area contributed by atoms with E-state index in [-0.39, 0.29) is 12.1 Å². The van der Waals surface area contributed by atoms with Crippen molar-refractivity contribution in [1.82, 2.24) is 19.7 Å². The average molecular weight is 402 g/mol. The van der Waals surface area contributed by atoms with Gasteiger partial charge in [-0.15, -0.1) is 0 Å². The van der Waals surface area contributed by atoms with Crippen LogP contribution in [0, 0.1) is 0 Å². The van der Waals surface area contributed by atoms with E-state index in [1.54, 1.807) is 13.3 Å². The molecule has 1 aliphatic heterocycles. The van der Waals surface area contributed by atoms with Crippen molar-refractivity contribution in [3.63, 3.8) is 0 Å². The molecule has 0 N–H and O–H groups in total. The van der Waals surface area contributed by atoms with Crippen LogP contribution in [0.2, 0.25) is 0 Å². The van der Waals surface area contributed by atoms with Gasteiger partial charge < -0.3 is 9.47 Å². The van der Waals surface area contributed by atoms with Crippen LogP contribution in [-0.4, -0.2) is 33.5 Å². The normalized spacial score (nSPS) is 17.1. The standard InChI is InChI=1S/C24H26N4O2/c1-15(2)24-23(16-7-8-25-21(12-16)29-3)19-10-18-14-27-28(22-6-4-5-9-30-22)20(18)11-17(19)13-26-24/h7-8,10-15,22H,4-6,9H2,1-3H3. The number of pyridine rings is 2. The number of hydrogen-bond acceptors (Lipinski definition) is 5. The van der Waals surface area contributed by atoms with Crippen LogP contribution >= 0.6 is 0 Å². The number of ether oxygens (including phenoxy) is 2. The lowest BCUT2D eigenvalue weighted by Crippen LogP contribution is -2.18. The van der Waals surface area contributed by atoms with Crippen LogP contribution < -0.4 is 4.74 Å². The fourth-order valence-electron chi connectivity index (χ4n) is 4.34. The number of methoxy groups -OCH3 is 1.